The van der Waals surface area contributed by atoms with Crippen molar-refractivity contribution in [2.45, 2.75) is 6.54 Å². The molecule has 0 aliphatic carbocycles. The van der Waals surface area contributed by atoms with Crippen molar-refractivity contribution in [3.05, 3.63) is 72.0 Å². The fourth-order valence-corrected chi connectivity index (χ4v) is 2.21. The van der Waals surface area contributed by atoms with Gasteiger partial charge in [0.05, 0.1) is 0 Å². The Balaban J connectivity index is 2.04. The molecule has 0 bridgehead atoms. The fraction of sp³-hybridized carbons (Fsp3) is 0.125. The Kier molecular flexibility index (Phi) is 5.72. The zero-order valence-corrected chi connectivity index (χ0v) is 13.1. The highest BCUT2D eigenvalue weighted by Gasteiger charge is 2.09. The molecule has 2 aromatic rings. The molecule has 1 aromatic carbocycles. The summed E-state index contributed by atoms with van der Waals surface area (Å²) in [6.07, 6.45) is 5.42. The number of pyridine rings is 1. The number of nitrogens with zero attached hydrogens (tertiary/aromatic N) is 2. The third-order valence-corrected chi connectivity index (χ3v) is 3.44. The van der Waals surface area contributed by atoms with Gasteiger partial charge in [-0.05, 0) is 48.1 Å². The minimum atomic E-state index is 0.640. The maximum absolute atomic E-state index is 5.88. The van der Waals surface area contributed by atoms with Crippen molar-refractivity contribution in [3.8, 4) is 0 Å². The van der Waals surface area contributed by atoms with E-state index in [1.165, 1.54) is 0 Å². The molecule has 0 atom stereocenters. The van der Waals surface area contributed by atoms with Crippen molar-refractivity contribution >= 4 is 34.6 Å². The molecule has 0 saturated carbocycles. The summed E-state index contributed by atoms with van der Waals surface area (Å²) < 4.78 is 0. The monoisotopic (exact) mass is 317 g/mol. The predicted molar refractivity (Wildman–Crippen MR) is 92.5 cm³/mol. The number of thiocarbonyl (C=S) groups is 1. The lowest BCUT2D eigenvalue weighted by Gasteiger charge is -2.24. The molecule has 0 fully saturated rings. The largest absolute Gasteiger partial charge is 0.341 e. The zero-order valence-electron chi connectivity index (χ0n) is 11.5. The van der Waals surface area contributed by atoms with E-state index < -0.39 is 0 Å². The molecule has 1 heterocycles. The van der Waals surface area contributed by atoms with Crippen LogP contribution in [0.2, 0.25) is 5.02 Å². The number of aromatic nitrogens is 1. The maximum atomic E-state index is 5.88. The lowest BCUT2D eigenvalue weighted by Crippen LogP contribution is -2.34. The van der Waals surface area contributed by atoms with Gasteiger partial charge in [-0.15, -0.1) is 6.58 Å². The van der Waals surface area contributed by atoms with E-state index in [4.69, 9.17) is 23.8 Å². The van der Waals surface area contributed by atoms with Gasteiger partial charge in [0, 0.05) is 36.2 Å². The summed E-state index contributed by atoms with van der Waals surface area (Å²) >= 11 is 11.3. The van der Waals surface area contributed by atoms with Gasteiger partial charge in [0.15, 0.2) is 5.11 Å². The molecule has 21 heavy (non-hydrogen) atoms. The molecule has 0 saturated heterocycles. The van der Waals surface area contributed by atoms with Gasteiger partial charge >= 0.3 is 0 Å². The van der Waals surface area contributed by atoms with E-state index in [0.717, 1.165) is 11.3 Å². The molecular formula is C16H16ClN3S. The number of benzene rings is 1. The quantitative estimate of drug-likeness (QED) is 0.663. The molecule has 0 spiro atoms. The molecule has 0 unspecified atom stereocenters. The number of rotatable bonds is 5. The summed E-state index contributed by atoms with van der Waals surface area (Å²) in [6, 6.07) is 11.4. The number of hydrogen-bond acceptors (Lipinski definition) is 2. The zero-order chi connectivity index (χ0) is 15.1. The lowest BCUT2D eigenvalue weighted by atomic mass is 10.2. The first kappa shape index (κ1) is 15.5. The van der Waals surface area contributed by atoms with Gasteiger partial charge in [-0.3, -0.25) is 4.98 Å². The summed E-state index contributed by atoms with van der Waals surface area (Å²) in [4.78, 5) is 6.14. The van der Waals surface area contributed by atoms with E-state index in [2.05, 4.69) is 16.9 Å². The standard InChI is InChI=1S/C16H16ClN3S/c1-2-10-20(12-13-4-3-9-18-11-13)16(21)19-15-7-5-14(17)6-8-15/h2-9,11H,1,10,12H2,(H,19,21). The molecule has 1 aromatic heterocycles. The van der Waals surface area contributed by atoms with E-state index >= 15 is 0 Å². The van der Waals surface area contributed by atoms with Gasteiger partial charge in [-0.2, -0.15) is 0 Å². The van der Waals surface area contributed by atoms with E-state index in [9.17, 15) is 0 Å². The van der Waals surface area contributed by atoms with E-state index in [1.54, 1.807) is 6.20 Å². The molecule has 2 rings (SSSR count). The first-order valence-electron chi connectivity index (χ1n) is 6.50. The van der Waals surface area contributed by atoms with Crippen molar-refractivity contribution in [1.29, 1.82) is 0 Å². The van der Waals surface area contributed by atoms with Crippen LogP contribution in [0.15, 0.2) is 61.4 Å². The van der Waals surface area contributed by atoms with Gasteiger partial charge in [-0.25, -0.2) is 0 Å². The second-order valence-electron chi connectivity index (χ2n) is 4.47. The van der Waals surface area contributed by atoms with Gasteiger partial charge in [-0.1, -0.05) is 23.7 Å². The van der Waals surface area contributed by atoms with Crippen LogP contribution in [0.3, 0.4) is 0 Å². The van der Waals surface area contributed by atoms with Crippen LogP contribution < -0.4 is 5.32 Å². The van der Waals surface area contributed by atoms with Crippen LogP contribution in [0.1, 0.15) is 5.56 Å². The first-order valence-corrected chi connectivity index (χ1v) is 7.29. The van der Waals surface area contributed by atoms with Crippen LogP contribution in [0.4, 0.5) is 5.69 Å². The number of nitrogens with one attached hydrogen (secondary N) is 1. The van der Waals surface area contributed by atoms with Gasteiger partial charge in [0.2, 0.25) is 0 Å². The van der Waals surface area contributed by atoms with Crippen LogP contribution in [0.25, 0.3) is 0 Å². The number of anilines is 1. The number of hydrogen-bond donors (Lipinski definition) is 1. The lowest BCUT2D eigenvalue weighted by molar-refractivity contribution is 0.463. The SMILES string of the molecule is C=CCN(Cc1cccnc1)C(=S)Nc1ccc(Cl)cc1. The van der Waals surface area contributed by atoms with Crippen molar-refractivity contribution in [2.24, 2.45) is 0 Å². The highest BCUT2D eigenvalue weighted by molar-refractivity contribution is 7.80. The Labute approximate surface area is 135 Å². The second kappa shape index (κ2) is 7.76. The van der Waals surface area contributed by atoms with Crippen molar-refractivity contribution in [1.82, 2.24) is 9.88 Å². The van der Waals surface area contributed by atoms with E-state index in [0.29, 0.717) is 23.2 Å². The van der Waals surface area contributed by atoms with Gasteiger partial charge in [0.25, 0.3) is 0 Å². The molecule has 1 N–H and O–H groups in total. The van der Waals surface area contributed by atoms with Crippen LogP contribution in [-0.4, -0.2) is 21.5 Å². The maximum Gasteiger partial charge on any atom is 0.174 e. The van der Waals surface area contributed by atoms with Gasteiger partial charge in [0.1, 0.15) is 0 Å². The Bertz CT molecular complexity index is 599. The summed E-state index contributed by atoms with van der Waals surface area (Å²) in [5.41, 5.74) is 2.00. The van der Waals surface area contributed by atoms with Crippen LogP contribution in [-0.2, 0) is 6.54 Å². The third-order valence-electron chi connectivity index (χ3n) is 2.83. The van der Waals surface area contributed by atoms with Crippen LogP contribution >= 0.6 is 23.8 Å². The van der Waals surface area contributed by atoms with Crippen molar-refractivity contribution in [2.75, 3.05) is 11.9 Å². The first-order chi connectivity index (χ1) is 10.2. The molecule has 0 aliphatic rings. The van der Waals surface area contributed by atoms with Crippen LogP contribution in [0.5, 0.6) is 0 Å². The topological polar surface area (TPSA) is 28.2 Å². The van der Waals surface area contributed by atoms with Gasteiger partial charge < -0.3 is 10.2 Å². The van der Waals surface area contributed by atoms with E-state index in [-0.39, 0.29) is 0 Å². The predicted octanol–water partition coefficient (Wildman–Crippen LogP) is 4.12. The highest BCUT2D eigenvalue weighted by atomic mass is 35.5. The molecule has 0 radical (unpaired) electrons. The molecular weight excluding hydrogens is 302 g/mol. The van der Waals surface area contributed by atoms with Crippen LogP contribution in [0, 0.1) is 0 Å². The summed E-state index contributed by atoms with van der Waals surface area (Å²) in [6.45, 7) is 5.12. The molecule has 3 nitrogen and oxygen atoms in total. The fourth-order valence-electron chi connectivity index (χ4n) is 1.82. The Hall–Kier alpha value is -1.91. The van der Waals surface area contributed by atoms with Crippen molar-refractivity contribution < 1.29 is 0 Å². The number of halogens is 1. The normalized spacial score (nSPS) is 9.95. The third kappa shape index (κ3) is 4.85. The Morgan fingerprint density at radius 3 is 2.71 bits per heavy atom. The summed E-state index contributed by atoms with van der Waals surface area (Å²) in [7, 11) is 0. The second-order valence-corrected chi connectivity index (χ2v) is 5.29. The molecule has 5 heteroatoms. The average molecular weight is 318 g/mol. The molecule has 0 aliphatic heterocycles. The average Bonchev–Trinajstić information content (AvgIpc) is 2.50. The van der Waals surface area contributed by atoms with Crippen molar-refractivity contribution in [3.63, 3.8) is 0 Å². The minimum absolute atomic E-state index is 0.640. The summed E-state index contributed by atoms with van der Waals surface area (Å²) in [5.74, 6) is 0. The molecule has 108 valence electrons. The molecule has 0 amide bonds. The smallest absolute Gasteiger partial charge is 0.174 e. The highest BCUT2D eigenvalue weighted by Crippen LogP contribution is 2.14. The van der Waals surface area contributed by atoms with E-state index in [1.807, 2.05) is 53.6 Å². The summed E-state index contributed by atoms with van der Waals surface area (Å²) in [5, 5.41) is 4.54. The Morgan fingerprint density at radius 1 is 1.33 bits per heavy atom. The minimum Gasteiger partial charge on any atom is -0.341 e. The Morgan fingerprint density at radius 2 is 2.10 bits per heavy atom.